The highest BCUT2D eigenvalue weighted by Gasteiger charge is 2.39. The molecule has 1 saturated carbocycles. The minimum Gasteiger partial charge on any atom is -0.480 e. The number of amides is 2. The van der Waals surface area contributed by atoms with Gasteiger partial charge in [-0.25, -0.2) is 9.59 Å². The Morgan fingerprint density at radius 3 is 2.44 bits per heavy atom. The Balaban J connectivity index is 2.39. The molecule has 3 N–H and O–H groups in total. The Morgan fingerprint density at radius 1 is 1.39 bits per heavy atom. The van der Waals surface area contributed by atoms with Gasteiger partial charge in [-0.1, -0.05) is 0 Å². The van der Waals surface area contributed by atoms with Gasteiger partial charge in [0.25, 0.3) is 0 Å². The first-order chi connectivity index (χ1) is 8.36. The number of hydrogen-bond acceptors (Lipinski definition) is 4. The van der Waals surface area contributed by atoms with Crippen LogP contribution in [0.3, 0.4) is 0 Å². The lowest BCUT2D eigenvalue weighted by atomic mass is 10.1. The van der Waals surface area contributed by atoms with E-state index in [-0.39, 0.29) is 18.4 Å². The Kier molecular flexibility index (Phi) is 4.52. The van der Waals surface area contributed by atoms with Crippen molar-refractivity contribution in [2.75, 3.05) is 7.11 Å². The maximum atomic E-state index is 11.5. The number of hydrogen-bond donors (Lipinski definition) is 3. The molecular weight excluding hydrogens is 240 g/mol. The van der Waals surface area contributed by atoms with Crippen LogP contribution < -0.4 is 10.6 Å². The summed E-state index contributed by atoms with van der Waals surface area (Å²) in [7, 11) is 1.23. The van der Waals surface area contributed by atoms with Gasteiger partial charge in [0.1, 0.15) is 6.04 Å². The van der Waals surface area contributed by atoms with E-state index in [1.807, 2.05) is 6.92 Å². The normalized spacial score (nSPS) is 17.4. The molecule has 0 aliphatic heterocycles. The molecule has 0 aromatic heterocycles. The first-order valence-electron chi connectivity index (χ1n) is 5.74. The number of carbonyl (C=O) groups is 3. The number of urea groups is 1. The molecule has 7 heteroatoms. The summed E-state index contributed by atoms with van der Waals surface area (Å²) in [6.45, 7) is 1.89. The largest absolute Gasteiger partial charge is 0.480 e. The molecule has 0 saturated heterocycles. The van der Waals surface area contributed by atoms with Gasteiger partial charge in [-0.15, -0.1) is 0 Å². The van der Waals surface area contributed by atoms with E-state index in [9.17, 15) is 14.4 Å². The third kappa shape index (κ3) is 4.60. The van der Waals surface area contributed by atoms with Crippen LogP contribution in [0.2, 0.25) is 0 Å². The number of carboxylic acids is 1. The number of esters is 1. The van der Waals surface area contributed by atoms with Crippen molar-refractivity contribution in [1.29, 1.82) is 0 Å². The van der Waals surface area contributed by atoms with Crippen molar-refractivity contribution < 1.29 is 24.2 Å². The fourth-order valence-corrected chi connectivity index (χ4v) is 1.40. The van der Waals surface area contributed by atoms with Gasteiger partial charge in [-0.3, -0.25) is 4.79 Å². The number of nitrogens with one attached hydrogen (secondary N) is 2. The van der Waals surface area contributed by atoms with Crippen LogP contribution in [0, 0.1) is 0 Å². The molecular formula is C11H18N2O5. The van der Waals surface area contributed by atoms with E-state index >= 15 is 0 Å². The van der Waals surface area contributed by atoms with Crippen molar-refractivity contribution in [3.8, 4) is 0 Å². The van der Waals surface area contributed by atoms with Crippen molar-refractivity contribution in [1.82, 2.24) is 10.6 Å². The number of ether oxygens (including phenoxy) is 1. The van der Waals surface area contributed by atoms with Crippen LogP contribution in [0.15, 0.2) is 0 Å². The minimum absolute atomic E-state index is 0.00609. The van der Waals surface area contributed by atoms with E-state index in [0.29, 0.717) is 0 Å². The molecule has 7 nitrogen and oxygen atoms in total. The number of aliphatic carboxylic acids is 1. The zero-order valence-corrected chi connectivity index (χ0v) is 10.5. The predicted octanol–water partition coefficient (Wildman–Crippen LogP) is 0.245. The number of carboxylic acid groups (broad SMARTS) is 1. The molecule has 102 valence electrons. The summed E-state index contributed by atoms with van der Waals surface area (Å²) in [6, 6.07) is -1.61. The standard InChI is InChI=1S/C11H18N2O5/c1-11(5-6-11)13-10(17)12-7(9(15)16)3-4-8(14)18-2/h7H,3-6H2,1-2H3,(H,15,16)(H2,12,13,17)/t7-/m1/s1. The van der Waals surface area contributed by atoms with Gasteiger partial charge in [0.05, 0.1) is 7.11 Å². The van der Waals surface area contributed by atoms with Crippen molar-refractivity contribution in [3.05, 3.63) is 0 Å². The van der Waals surface area contributed by atoms with Crippen LogP contribution in [-0.2, 0) is 14.3 Å². The Morgan fingerprint density at radius 2 is 2.00 bits per heavy atom. The molecule has 0 unspecified atom stereocenters. The van der Waals surface area contributed by atoms with Crippen LogP contribution in [0.1, 0.15) is 32.6 Å². The van der Waals surface area contributed by atoms with Gasteiger partial charge in [-0.2, -0.15) is 0 Å². The molecule has 1 fully saturated rings. The highest BCUT2D eigenvalue weighted by molar-refractivity contribution is 5.83. The molecule has 1 aliphatic rings. The van der Waals surface area contributed by atoms with E-state index in [1.54, 1.807) is 0 Å². The molecule has 1 aliphatic carbocycles. The zero-order valence-electron chi connectivity index (χ0n) is 10.5. The Bertz CT molecular complexity index is 351. The second-order valence-corrected chi connectivity index (χ2v) is 4.66. The fourth-order valence-electron chi connectivity index (χ4n) is 1.40. The number of carbonyl (C=O) groups excluding carboxylic acids is 2. The van der Waals surface area contributed by atoms with Gasteiger partial charge in [0.15, 0.2) is 0 Å². The van der Waals surface area contributed by atoms with Crippen molar-refractivity contribution >= 4 is 18.0 Å². The predicted molar refractivity (Wildman–Crippen MR) is 62.0 cm³/mol. The van der Waals surface area contributed by atoms with Crippen molar-refractivity contribution in [2.45, 2.75) is 44.2 Å². The zero-order chi connectivity index (χ0) is 13.8. The lowest BCUT2D eigenvalue weighted by Gasteiger charge is -2.17. The summed E-state index contributed by atoms with van der Waals surface area (Å²) in [5.74, 6) is -1.67. The fraction of sp³-hybridized carbons (Fsp3) is 0.727. The van der Waals surface area contributed by atoms with Gasteiger partial charge >= 0.3 is 18.0 Å². The molecule has 2 amide bonds. The molecule has 0 spiro atoms. The molecule has 0 radical (unpaired) electrons. The molecule has 0 aromatic rings. The summed E-state index contributed by atoms with van der Waals surface area (Å²) in [5, 5.41) is 13.9. The lowest BCUT2D eigenvalue weighted by Crippen LogP contribution is -2.49. The van der Waals surface area contributed by atoms with E-state index in [2.05, 4.69) is 15.4 Å². The summed E-state index contributed by atoms with van der Waals surface area (Å²) in [6.07, 6.45) is 1.73. The molecule has 18 heavy (non-hydrogen) atoms. The van der Waals surface area contributed by atoms with Crippen LogP contribution in [-0.4, -0.2) is 41.8 Å². The van der Waals surface area contributed by atoms with E-state index in [1.165, 1.54) is 7.11 Å². The molecule has 1 atom stereocenters. The summed E-state index contributed by atoms with van der Waals surface area (Å²) in [5.41, 5.74) is -0.213. The number of rotatable bonds is 6. The van der Waals surface area contributed by atoms with Crippen LogP contribution in [0.5, 0.6) is 0 Å². The molecule has 0 heterocycles. The van der Waals surface area contributed by atoms with Gasteiger partial charge in [0, 0.05) is 12.0 Å². The summed E-state index contributed by atoms with van der Waals surface area (Å²) < 4.78 is 4.42. The first-order valence-corrected chi connectivity index (χ1v) is 5.74. The van der Waals surface area contributed by atoms with Gasteiger partial charge in [0.2, 0.25) is 0 Å². The topological polar surface area (TPSA) is 105 Å². The van der Waals surface area contributed by atoms with Crippen LogP contribution in [0.4, 0.5) is 4.79 Å². The van der Waals surface area contributed by atoms with Gasteiger partial charge < -0.3 is 20.5 Å². The smallest absolute Gasteiger partial charge is 0.326 e. The first kappa shape index (κ1) is 14.3. The minimum atomic E-state index is -1.17. The molecule has 1 rings (SSSR count). The lowest BCUT2D eigenvalue weighted by molar-refractivity contribution is -0.142. The third-order valence-corrected chi connectivity index (χ3v) is 2.88. The average Bonchev–Trinajstić information content (AvgIpc) is 3.00. The highest BCUT2D eigenvalue weighted by atomic mass is 16.5. The van der Waals surface area contributed by atoms with Crippen LogP contribution in [0.25, 0.3) is 0 Å². The SMILES string of the molecule is COC(=O)CC[C@@H](NC(=O)NC1(C)CC1)C(=O)O. The van der Waals surface area contributed by atoms with Crippen molar-refractivity contribution in [3.63, 3.8) is 0 Å². The van der Waals surface area contributed by atoms with Crippen molar-refractivity contribution in [2.24, 2.45) is 0 Å². The second-order valence-electron chi connectivity index (χ2n) is 4.66. The third-order valence-electron chi connectivity index (χ3n) is 2.88. The summed E-state index contributed by atoms with van der Waals surface area (Å²) in [4.78, 5) is 33.4. The second kappa shape index (κ2) is 5.70. The van der Waals surface area contributed by atoms with E-state index in [4.69, 9.17) is 5.11 Å². The summed E-state index contributed by atoms with van der Waals surface area (Å²) >= 11 is 0. The number of methoxy groups -OCH3 is 1. The molecule has 0 bridgehead atoms. The quantitative estimate of drug-likeness (QED) is 0.592. The van der Waals surface area contributed by atoms with Crippen LogP contribution >= 0.6 is 0 Å². The van der Waals surface area contributed by atoms with E-state index in [0.717, 1.165) is 12.8 Å². The highest BCUT2D eigenvalue weighted by Crippen LogP contribution is 2.33. The Hall–Kier alpha value is -1.79. The maximum Gasteiger partial charge on any atom is 0.326 e. The average molecular weight is 258 g/mol. The van der Waals surface area contributed by atoms with Gasteiger partial charge in [-0.05, 0) is 26.2 Å². The molecule has 0 aromatic carbocycles. The monoisotopic (exact) mass is 258 g/mol. The maximum absolute atomic E-state index is 11.5. The van der Waals surface area contributed by atoms with E-state index < -0.39 is 24.0 Å². The Labute approximate surface area is 105 Å².